The molecule has 4 heteroatoms. The molecular weight excluding hydrogens is 166 g/mol. The summed E-state index contributed by atoms with van der Waals surface area (Å²) in [6.45, 7) is 3.56. The molecule has 1 aromatic heterocycles. The molecule has 70 valence electrons. The predicted octanol–water partition coefficient (Wildman–Crippen LogP) is 0.676. The lowest BCUT2D eigenvalue weighted by atomic mass is 10.3. The Bertz CT molecular complexity index is 309. The number of nitrogens with zero attached hydrogens (tertiary/aromatic N) is 1. The van der Waals surface area contributed by atoms with Gasteiger partial charge in [-0.2, -0.15) is 0 Å². The topological polar surface area (TPSA) is 68.0 Å². The average Bonchev–Trinajstić information content (AvgIpc) is 2.04. The first kappa shape index (κ1) is 9.67. The first-order chi connectivity index (χ1) is 6.09. The molecule has 4 nitrogen and oxygen atoms in total. The molecule has 0 unspecified atom stereocenters. The van der Waals surface area contributed by atoms with E-state index in [9.17, 15) is 4.79 Å². The molecular formula is C9H13N3O. The van der Waals surface area contributed by atoms with Crippen molar-refractivity contribution in [3.05, 3.63) is 23.9 Å². The monoisotopic (exact) mass is 179 g/mol. The van der Waals surface area contributed by atoms with Gasteiger partial charge < -0.3 is 11.1 Å². The third-order valence-electron chi connectivity index (χ3n) is 1.58. The van der Waals surface area contributed by atoms with Crippen LogP contribution in [0.4, 0.5) is 5.82 Å². The first-order valence-electron chi connectivity index (χ1n) is 4.08. The van der Waals surface area contributed by atoms with Gasteiger partial charge in [0.1, 0.15) is 5.82 Å². The number of carbonyl (C=O) groups excluding carboxylic acids is 1. The number of rotatable bonds is 2. The number of pyridine rings is 1. The van der Waals surface area contributed by atoms with Crippen LogP contribution in [0.1, 0.15) is 12.5 Å². The Morgan fingerprint density at radius 2 is 2.38 bits per heavy atom. The summed E-state index contributed by atoms with van der Waals surface area (Å²) in [7, 11) is 0. The molecule has 1 amide bonds. The Labute approximate surface area is 77.2 Å². The van der Waals surface area contributed by atoms with E-state index in [2.05, 4.69) is 10.3 Å². The van der Waals surface area contributed by atoms with E-state index in [4.69, 9.17) is 5.73 Å². The van der Waals surface area contributed by atoms with Gasteiger partial charge in [0.25, 0.3) is 0 Å². The van der Waals surface area contributed by atoms with Crippen LogP contribution in [-0.4, -0.2) is 16.9 Å². The molecule has 0 fully saturated rings. The molecule has 0 aliphatic heterocycles. The summed E-state index contributed by atoms with van der Waals surface area (Å²) in [5.41, 5.74) is 6.43. The molecule has 0 saturated carbocycles. The number of hydrogen-bond donors (Lipinski definition) is 2. The molecule has 1 atom stereocenters. The summed E-state index contributed by atoms with van der Waals surface area (Å²) in [4.78, 5) is 15.1. The van der Waals surface area contributed by atoms with Crippen LogP contribution in [-0.2, 0) is 4.79 Å². The molecule has 0 spiro atoms. The lowest BCUT2D eigenvalue weighted by molar-refractivity contribution is -0.117. The lowest BCUT2D eigenvalue weighted by Gasteiger charge is -2.06. The van der Waals surface area contributed by atoms with Gasteiger partial charge in [-0.3, -0.25) is 4.79 Å². The zero-order valence-corrected chi connectivity index (χ0v) is 7.74. The Hall–Kier alpha value is -1.42. The summed E-state index contributed by atoms with van der Waals surface area (Å²) < 4.78 is 0. The molecule has 1 aromatic rings. The van der Waals surface area contributed by atoms with Gasteiger partial charge in [-0.25, -0.2) is 4.98 Å². The number of aryl methyl sites for hydroxylation is 1. The molecule has 1 rings (SSSR count). The predicted molar refractivity (Wildman–Crippen MR) is 51.3 cm³/mol. The summed E-state index contributed by atoms with van der Waals surface area (Å²) in [6.07, 6.45) is 1.64. The maximum atomic E-state index is 11.1. The summed E-state index contributed by atoms with van der Waals surface area (Å²) in [6, 6.07) is 3.14. The number of amides is 1. The average molecular weight is 179 g/mol. The van der Waals surface area contributed by atoms with Crippen LogP contribution in [0.25, 0.3) is 0 Å². The number of anilines is 1. The van der Waals surface area contributed by atoms with Crippen molar-refractivity contribution in [2.45, 2.75) is 19.9 Å². The molecule has 1 heterocycles. The number of carbonyl (C=O) groups is 1. The van der Waals surface area contributed by atoms with Crippen molar-refractivity contribution >= 4 is 11.7 Å². The van der Waals surface area contributed by atoms with Crippen LogP contribution in [0.5, 0.6) is 0 Å². The number of hydrogen-bond acceptors (Lipinski definition) is 3. The fourth-order valence-electron chi connectivity index (χ4n) is 0.845. The van der Waals surface area contributed by atoms with Gasteiger partial charge in [-0.1, -0.05) is 0 Å². The van der Waals surface area contributed by atoms with E-state index in [0.717, 1.165) is 5.56 Å². The molecule has 0 aromatic carbocycles. The summed E-state index contributed by atoms with van der Waals surface area (Å²) in [5.74, 6) is 0.320. The van der Waals surface area contributed by atoms with Crippen molar-refractivity contribution in [2.75, 3.05) is 5.32 Å². The fourth-order valence-corrected chi connectivity index (χ4v) is 0.845. The smallest absolute Gasteiger partial charge is 0.242 e. The van der Waals surface area contributed by atoms with E-state index in [1.165, 1.54) is 0 Å². The second-order valence-corrected chi connectivity index (χ2v) is 3.00. The Balaban J connectivity index is 2.69. The highest BCUT2D eigenvalue weighted by atomic mass is 16.2. The molecule has 0 aliphatic carbocycles. The number of aromatic nitrogens is 1. The van der Waals surface area contributed by atoms with Crippen LogP contribution in [0.15, 0.2) is 18.3 Å². The van der Waals surface area contributed by atoms with Crippen LogP contribution >= 0.6 is 0 Å². The van der Waals surface area contributed by atoms with Crippen molar-refractivity contribution in [3.63, 3.8) is 0 Å². The Kier molecular flexibility index (Phi) is 2.97. The third kappa shape index (κ3) is 2.83. The normalized spacial score (nSPS) is 12.2. The maximum absolute atomic E-state index is 11.1. The maximum Gasteiger partial charge on any atom is 0.242 e. The Morgan fingerprint density at radius 3 is 2.92 bits per heavy atom. The van der Waals surface area contributed by atoms with Gasteiger partial charge in [-0.05, 0) is 31.5 Å². The quantitative estimate of drug-likeness (QED) is 0.701. The van der Waals surface area contributed by atoms with E-state index >= 15 is 0 Å². The summed E-state index contributed by atoms with van der Waals surface area (Å²) in [5, 5.41) is 2.61. The molecule has 3 N–H and O–H groups in total. The second kappa shape index (κ2) is 4.00. The molecule has 0 bridgehead atoms. The minimum atomic E-state index is -0.512. The molecule has 13 heavy (non-hydrogen) atoms. The van der Waals surface area contributed by atoms with E-state index in [1.54, 1.807) is 19.2 Å². The number of nitrogens with two attached hydrogens (primary N) is 1. The highest BCUT2D eigenvalue weighted by Crippen LogP contribution is 2.04. The van der Waals surface area contributed by atoms with Gasteiger partial charge >= 0.3 is 0 Å². The van der Waals surface area contributed by atoms with E-state index in [1.807, 2.05) is 13.0 Å². The van der Waals surface area contributed by atoms with E-state index in [-0.39, 0.29) is 5.91 Å². The van der Waals surface area contributed by atoms with Crippen LogP contribution in [0.2, 0.25) is 0 Å². The molecule has 0 radical (unpaired) electrons. The first-order valence-corrected chi connectivity index (χ1v) is 4.08. The SMILES string of the molecule is Cc1ccnc(NC(=O)[C@H](C)N)c1. The van der Waals surface area contributed by atoms with Crippen molar-refractivity contribution < 1.29 is 4.79 Å². The van der Waals surface area contributed by atoms with Crippen molar-refractivity contribution in [1.82, 2.24) is 4.98 Å². The highest BCUT2D eigenvalue weighted by Gasteiger charge is 2.07. The molecule has 0 aliphatic rings. The zero-order chi connectivity index (χ0) is 9.84. The van der Waals surface area contributed by atoms with Crippen LogP contribution in [0, 0.1) is 6.92 Å². The largest absolute Gasteiger partial charge is 0.320 e. The van der Waals surface area contributed by atoms with Gasteiger partial charge in [0, 0.05) is 6.20 Å². The van der Waals surface area contributed by atoms with E-state index in [0.29, 0.717) is 5.82 Å². The standard InChI is InChI=1S/C9H13N3O/c1-6-3-4-11-8(5-6)12-9(13)7(2)10/h3-5,7H,10H2,1-2H3,(H,11,12,13)/t7-/m0/s1. The van der Waals surface area contributed by atoms with Gasteiger partial charge in [0.05, 0.1) is 6.04 Å². The van der Waals surface area contributed by atoms with Gasteiger partial charge in [0.2, 0.25) is 5.91 Å². The zero-order valence-electron chi connectivity index (χ0n) is 7.74. The molecule has 0 saturated heterocycles. The van der Waals surface area contributed by atoms with Crippen molar-refractivity contribution in [3.8, 4) is 0 Å². The van der Waals surface area contributed by atoms with Crippen LogP contribution < -0.4 is 11.1 Å². The van der Waals surface area contributed by atoms with Crippen molar-refractivity contribution in [1.29, 1.82) is 0 Å². The lowest BCUT2D eigenvalue weighted by Crippen LogP contribution is -2.32. The fraction of sp³-hybridized carbons (Fsp3) is 0.333. The highest BCUT2D eigenvalue weighted by molar-refractivity contribution is 5.93. The number of nitrogens with one attached hydrogen (secondary N) is 1. The minimum Gasteiger partial charge on any atom is -0.320 e. The minimum absolute atomic E-state index is 0.224. The van der Waals surface area contributed by atoms with Gasteiger partial charge in [0.15, 0.2) is 0 Å². The van der Waals surface area contributed by atoms with E-state index < -0.39 is 6.04 Å². The third-order valence-corrected chi connectivity index (χ3v) is 1.58. The second-order valence-electron chi connectivity index (χ2n) is 3.00. The summed E-state index contributed by atoms with van der Waals surface area (Å²) >= 11 is 0. The van der Waals surface area contributed by atoms with Gasteiger partial charge in [-0.15, -0.1) is 0 Å². The Morgan fingerprint density at radius 1 is 1.69 bits per heavy atom. The van der Waals surface area contributed by atoms with Crippen LogP contribution in [0.3, 0.4) is 0 Å². The van der Waals surface area contributed by atoms with Crippen molar-refractivity contribution in [2.24, 2.45) is 5.73 Å².